The summed E-state index contributed by atoms with van der Waals surface area (Å²) < 4.78 is 5.11. The minimum absolute atomic E-state index is 0.463. The van der Waals surface area contributed by atoms with Crippen LogP contribution in [0, 0.1) is 0 Å². The van der Waals surface area contributed by atoms with Crippen LogP contribution in [0.15, 0.2) is 0 Å². The number of likely N-dealkylation sites (N-methyl/N-ethyl adjacent to an activating group) is 2. The maximum Gasteiger partial charge on any atom is 0.0628 e. The Hall–Kier alpha value is -0.120. The second kappa shape index (κ2) is 7.53. The minimum atomic E-state index is 0.463. The molecular formula is C9H22N2O. The molecule has 0 saturated heterocycles. The average molecular weight is 174 g/mol. The van der Waals surface area contributed by atoms with Gasteiger partial charge in [-0.1, -0.05) is 13.8 Å². The van der Waals surface area contributed by atoms with E-state index in [0.717, 1.165) is 26.2 Å². The van der Waals surface area contributed by atoms with Crippen LogP contribution in [0.1, 0.15) is 13.8 Å². The molecule has 3 nitrogen and oxygen atoms in total. The third kappa shape index (κ3) is 5.52. The Morgan fingerprint density at radius 1 is 1.42 bits per heavy atom. The van der Waals surface area contributed by atoms with Crippen molar-refractivity contribution in [2.45, 2.75) is 19.9 Å². The Kier molecular flexibility index (Phi) is 7.45. The summed E-state index contributed by atoms with van der Waals surface area (Å²) >= 11 is 0. The molecule has 0 aromatic heterocycles. The lowest BCUT2D eigenvalue weighted by molar-refractivity contribution is 0.148. The molecule has 1 atom stereocenters. The van der Waals surface area contributed by atoms with Gasteiger partial charge >= 0.3 is 0 Å². The van der Waals surface area contributed by atoms with Crippen molar-refractivity contribution >= 4 is 0 Å². The molecule has 0 saturated carbocycles. The van der Waals surface area contributed by atoms with Gasteiger partial charge in [0, 0.05) is 19.7 Å². The average Bonchev–Trinajstić information content (AvgIpc) is 2.05. The summed E-state index contributed by atoms with van der Waals surface area (Å²) in [6.45, 7) is 8.22. The normalized spacial score (nSPS) is 13.8. The summed E-state index contributed by atoms with van der Waals surface area (Å²) in [4.78, 5) is 2.28. The fraction of sp³-hybridized carbons (Fsp3) is 1.00. The number of rotatable bonds is 7. The summed E-state index contributed by atoms with van der Waals surface area (Å²) in [5.74, 6) is 0. The summed E-state index contributed by atoms with van der Waals surface area (Å²) in [5.41, 5.74) is 0. The largest absolute Gasteiger partial charge is 0.383 e. The Balaban J connectivity index is 3.61. The number of nitrogens with zero attached hydrogens (tertiary/aromatic N) is 1. The monoisotopic (exact) mass is 174 g/mol. The van der Waals surface area contributed by atoms with Gasteiger partial charge in [0.15, 0.2) is 0 Å². The third-order valence-electron chi connectivity index (χ3n) is 1.93. The van der Waals surface area contributed by atoms with Crippen LogP contribution in [0.5, 0.6) is 0 Å². The van der Waals surface area contributed by atoms with Gasteiger partial charge in [0.2, 0.25) is 0 Å². The van der Waals surface area contributed by atoms with E-state index in [4.69, 9.17) is 4.74 Å². The molecule has 0 heterocycles. The fourth-order valence-electron chi connectivity index (χ4n) is 1.17. The number of nitrogens with one attached hydrogen (secondary N) is 1. The zero-order valence-corrected chi connectivity index (χ0v) is 8.76. The van der Waals surface area contributed by atoms with Crippen molar-refractivity contribution in [1.29, 1.82) is 0 Å². The molecule has 0 spiro atoms. The number of ether oxygens (including phenoxy) is 1. The highest BCUT2D eigenvalue weighted by atomic mass is 16.5. The van der Waals surface area contributed by atoms with E-state index < -0.39 is 0 Å². The lowest BCUT2D eigenvalue weighted by Crippen LogP contribution is -2.42. The van der Waals surface area contributed by atoms with Crippen LogP contribution in [-0.4, -0.2) is 51.3 Å². The number of methoxy groups -OCH3 is 1. The summed E-state index contributed by atoms with van der Waals surface area (Å²) in [7, 11) is 3.87. The minimum Gasteiger partial charge on any atom is -0.383 e. The molecule has 1 unspecified atom stereocenters. The molecular weight excluding hydrogens is 152 g/mol. The summed E-state index contributed by atoms with van der Waals surface area (Å²) in [5, 5.41) is 3.38. The van der Waals surface area contributed by atoms with Crippen molar-refractivity contribution in [3.05, 3.63) is 0 Å². The van der Waals surface area contributed by atoms with Gasteiger partial charge in [-0.3, -0.25) is 0 Å². The van der Waals surface area contributed by atoms with E-state index >= 15 is 0 Å². The highest BCUT2D eigenvalue weighted by Gasteiger charge is 2.08. The Bertz CT molecular complexity index is 92.5. The van der Waals surface area contributed by atoms with Gasteiger partial charge in [0.1, 0.15) is 0 Å². The van der Waals surface area contributed by atoms with Gasteiger partial charge in [0.25, 0.3) is 0 Å². The third-order valence-corrected chi connectivity index (χ3v) is 1.93. The predicted molar refractivity (Wildman–Crippen MR) is 52.5 cm³/mol. The topological polar surface area (TPSA) is 24.5 Å². The maximum atomic E-state index is 5.11. The summed E-state index contributed by atoms with van der Waals surface area (Å²) in [6.07, 6.45) is 0. The highest BCUT2D eigenvalue weighted by molar-refractivity contribution is 4.68. The molecule has 0 aromatic rings. The first-order valence-electron chi connectivity index (χ1n) is 4.65. The molecule has 3 heteroatoms. The molecule has 0 fully saturated rings. The van der Waals surface area contributed by atoms with Crippen molar-refractivity contribution in [3.8, 4) is 0 Å². The van der Waals surface area contributed by atoms with E-state index in [1.54, 1.807) is 7.11 Å². The first-order valence-corrected chi connectivity index (χ1v) is 4.65. The molecule has 0 amide bonds. The lowest BCUT2D eigenvalue weighted by Gasteiger charge is -2.22. The second-order valence-corrected chi connectivity index (χ2v) is 3.06. The molecule has 74 valence electrons. The number of hydrogen-bond acceptors (Lipinski definition) is 3. The molecule has 0 aliphatic rings. The van der Waals surface area contributed by atoms with E-state index in [9.17, 15) is 0 Å². The van der Waals surface area contributed by atoms with E-state index in [1.165, 1.54) is 0 Å². The Morgan fingerprint density at radius 2 is 2.08 bits per heavy atom. The van der Waals surface area contributed by atoms with Crippen LogP contribution in [0.4, 0.5) is 0 Å². The van der Waals surface area contributed by atoms with E-state index in [0.29, 0.717) is 6.04 Å². The van der Waals surface area contributed by atoms with Crippen molar-refractivity contribution < 1.29 is 4.74 Å². The smallest absolute Gasteiger partial charge is 0.0628 e. The van der Waals surface area contributed by atoms with Gasteiger partial charge in [-0.2, -0.15) is 0 Å². The van der Waals surface area contributed by atoms with Crippen molar-refractivity contribution in [1.82, 2.24) is 10.2 Å². The Labute approximate surface area is 76.1 Å². The van der Waals surface area contributed by atoms with Gasteiger partial charge in [-0.05, 0) is 20.1 Å². The molecule has 0 bridgehead atoms. The molecule has 0 radical (unpaired) electrons. The molecule has 0 rings (SSSR count). The molecule has 0 aliphatic heterocycles. The van der Waals surface area contributed by atoms with Crippen molar-refractivity contribution in [2.75, 3.05) is 40.4 Å². The molecule has 12 heavy (non-hydrogen) atoms. The first kappa shape index (κ1) is 11.9. The van der Waals surface area contributed by atoms with Gasteiger partial charge in [-0.15, -0.1) is 0 Å². The molecule has 0 aliphatic carbocycles. The van der Waals surface area contributed by atoms with E-state index in [2.05, 4.69) is 31.1 Å². The van der Waals surface area contributed by atoms with E-state index in [-0.39, 0.29) is 0 Å². The fourth-order valence-corrected chi connectivity index (χ4v) is 1.17. The zero-order valence-electron chi connectivity index (χ0n) is 8.76. The molecule has 0 aromatic carbocycles. The van der Waals surface area contributed by atoms with Crippen LogP contribution in [-0.2, 0) is 4.74 Å². The van der Waals surface area contributed by atoms with Crippen LogP contribution < -0.4 is 5.32 Å². The lowest BCUT2D eigenvalue weighted by atomic mass is 10.3. The second-order valence-electron chi connectivity index (χ2n) is 3.06. The van der Waals surface area contributed by atoms with Crippen LogP contribution in [0.2, 0.25) is 0 Å². The van der Waals surface area contributed by atoms with Crippen LogP contribution in [0.3, 0.4) is 0 Å². The predicted octanol–water partition coefficient (Wildman–Crippen LogP) is 0.563. The first-order chi connectivity index (χ1) is 5.74. The van der Waals surface area contributed by atoms with Crippen molar-refractivity contribution in [3.63, 3.8) is 0 Å². The summed E-state index contributed by atoms with van der Waals surface area (Å²) in [6, 6.07) is 0.463. The van der Waals surface area contributed by atoms with E-state index in [1.807, 2.05) is 0 Å². The van der Waals surface area contributed by atoms with Gasteiger partial charge in [-0.25, -0.2) is 0 Å². The number of hydrogen-bond donors (Lipinski definition) is 1. The standard InChI is InChI=1S/C9H22N2O/c1-5-10-9(8-12-4)7-11(3)6-2/h9-10H,5-8H2,1-4H3. The highest BCUT2D eigenvalue weighted by Crippen LogP contribution is 1.89. The zero-order chi connectivity index (χ0) is 9.40. The molecule has 1 N–H and O–H groups in total. The quantitative estimate of drug-likeness (QED) is 0.610. The van der Waals surface area contributed by atoms with Crippen molar-refractivity contribution in [2.24, 2.45) is 0 Å². The van der Waals surface area contributed by atoms with Crippen LogP contribution >= 0.6 is 0 Å². The maximum absolute atomic E-state index is 5.11. The Morgan fingerprint density at radius 3 is 2.50 bits per heavy atom. The SMILES string of the molecule is CCNC(COC)CN(C)CC. The van der Waals surface area contributed by atoms with Gasteiger partial charge in [0.05, 0.1) is 6.61 Å². The van der Waals surface area contributed by atoms with Crippen LogP contribution in [0.25, 0.3) is 0 Å². The van der Waals surface area contributed by atoms with Gasteiger partial charge < -0.3 is 15.0 Å².